The molecule has 0 spiro atoms. The van der Waals surface area contributed by atoms with Crippen molar-refractivity contribution >= 4 is 5.97 Å². The van der Waals surface area contributed by atoms with Crippen LogP contribution in [0.25, 0.3) is 0 Å². The first kappa shape index (κ1) is 12.6. The molecule has 0 fully saturated rings. The van der Waals surface area contributed by atoms with Gasteiger partial charge in [0.05, 0.1) is 7.11 Å². The minimum Gasteiger partial charge on any atom is -0.496 e. The van der Waals surface area contributed by atoms with Gasteiger partial charge in [-0.05, 0) is 30.4 Å². The maximum Gasteiger partial charge on any atom is 0.303 e. The Morgan fingerprint density at radius 1 is 1.44 bits per heavy atom. The van der Waals surface area contributed by atoms with E-state index >= 15 is 0 Å². The molecular formula is C13H18O3. The molecule has 0 aromatic heterocycles. The first-order valence-corrected chi connectivity index (χ1v) is 5.50. The molecule has 0 saturated heterocycles. The second kappa shape index (κ2) is 6.16. The highest BCUT2D eigenvalue weighted by atomic mass is 16.5. The van der Waals surface area contributed by atoms with E-state index in [0.29, 0.717) is 12.3 Å². The number of hydrogen-bond acceptors (Lipinski definition) is 2. The van der Waals surface area contributed by atoms with Crippen molar-refractivity contribution in [2.45, 2.75) is 32.1 Å². The van der Waals surface area contributed by atoms with E-state index in [9.17, 15) is 4.79 Å². The summed E-state index contributed by atoms with van der Waals surface area (Å²) in [6.07, 6.45) is 1.81. The van der Waals surface area contributed by atoms with E-state index in [0.717, 1.165) is 17.7 Å². The molecule has 0 bridgehead atoms. The highest BCUT2D eigenvalue weighted by molar-refractivity contribution is 5.66. The maximum absolute atomic E-state index is 10.4. The number of hydrogen-bond donors (Lipinski definition) is 1. The number of ether oxygens (including phenoxy) is 1. The van der Waals surface area contributed by atoms with Crippen LogP contribution >= 0.6 is 0 Å². The summed E-state index contributed by atoms with van der Waals surface area (Å²) >= 11 is 0. The fourth-order valence-corrected chi connectivity index (χ4v) is 1.79. The second-order valence-electron chi connectivity index (χ2n) is 3.93. The van der Waals surface area contributed by atoms with Crippen molar-refractivity contribution in [2.75, 3.05) is 7.11 Å². The van der Waals surface area contributed by atoms with E-state index in [1.54, 1.807) is 7.11 Å². The SMILES string of the molecule is COc1ccccc1C(C)CCCC(=O)O. The molecule has 0 amide bonds. The molecule has 0 aliphatic rings. The van der Waals surface area contributed by atoms with Crippen LogP contribution in [0.4, 0.5) is 0 Å². The Morgan fingerprint density at radius 2 is 2.12 bits per heavy atom. The molecule has 1 rings (SSSR count). The standard InChI is InChI=1S/C13H18O3/c1-10(6-5-9-13(14)15)11-7-3-4-8-12(11)16-2/h3-4,7-8,10H,5-6,9H2,1-2H3,(H,14,15). The zero-order valence-electron chi connectivity index (χ0n) is 9.77. The summed E-state index contributed by atoms with van der Waals surface area (Å²) in [4.78, 5) is 10.4. The van der Waals surface area contributed by atoms with Gasteiger partial charge in [-0.25, -0.2) is 0 Å². The lowest BCUT2D eigenvalue weighted by atomic mass is 9.94. The van der Waals surface area contributed by atoms with E-state index < -0.39 is 5.97 Å². The molecule has 1 unspecified atom stereocenters. The van der Waals surface area contributed by atoms with Crippen LogP contribution in [-0.4, -0.2) is 18.2 Å². The van der Waals surface area contributed by atoms with Gasteiger partial charge in [0.15, 0.2) is 0 Å². The Hall–Kier alpha value is -1.51. The summed E-state index contributed by atoms with van der Waals surface area (Å²) in [6.45, 7) is 2.10. The number of para-hydroxylation sites is 1. The normalized spacial score (nSPS) is 12.1. The minimum absolute atomic E-state index is 0.236. The number of aliphatic carboxylic acids is 1. The molecule has 1 atom stereocenters. The van der Waals surface area contributed by atoms with Crippen molar-refractivity contribution in [1.82, 2.24) is 0 Å². The summed E-state index contributed by atoms with van der Waals surface area (Å²) in [5, 5.41) is 8.57. The molecular weight excluding hydrogens is 204 g/mol. The third-order valence-corrected chi connectivity index (χ3v) is 2.70. The van der Waals surface area contributed by atoms with Gasteiger partial charge in [-0.1, -0.05) is 25.1 Å². The molecule has 0 saturated carbocycles. The molecule has 3 nitrogen and oxygen atoms in total. The lowest BCUT2D eigenvalue weighted by molar-refractivity contribution is -0.137. The van der Waals surface area contributed by atoms with Crippen molar-refractivity contribution in [3.05, 3.63) is 29.8 Å². The van der Waals surface area contributed by atoms with E-state index in [-0.39, 0.29) is 6.42 Å². The third-order valence-electron chi connectivity index (χ3n) is 2.70. The Morgan fingerprint density at radius 3 is 2.75 bits per heavy atom. The van der Waals surface area contributed by atoms with Crippen molar-refractivity contribution < 1.29 is 14.6 Å². The molecule has 0 radical (unpaired) electrons. The van der Waals surface area contributed by atoms with Gasteiger partial charge in [0.25, 0.3) is 0 Å². The summed E-state index contributed by atoms with van der Waals surface area (Å²) in [7, 11) is 1.66. The molecule has 16 heavy (non-hydrogen) atoms. The first-order valence-electron chi connectivity index (χ1n) is 5.50. The van der Waals surface area contributed by atoms with Crippen molar-refractivity contribution in [3.63, 3.8) is 0 Å². The zero-order chi connectivity index (χ0) is 12.0. The molecule has 1 aromatic carbocycles. The fourth-order valence-electron chi connectivity index (χ4n) is 1.79. The smallest absolute Gasteiger partial charge is 0.303 e. The van der Waals surface area contributed by atoms with Crippen molar-refractivity contribution in [1.29, 1.82) is 0 Å². The average molecular weight is 222 g/mol. The molecule has 1 N–H and O–H groups in total. The molecule has 0 aliphatic carbocycles. The van der Waals surface area contributed by atoms with Crippen molar-refractivity contribution in [2.24, 2.45) is 0 Å². The van der Waals surface area contributed by atoms with Crippen LogP contribution in [0, 0.1) is 0 Å². The first-order chi connectivity index (χ1) is 7.65. The van der Waals surface area contributed by atoms with E-state index in [1.165, 1.54) is 0 Å². The lowest BCUT2D eigenvalue weighted by Crippen LogP contribution is -2.00. The molecule has 0 heterocycles. The Labute approximate surface area is 96.1 Å². The van der Waals surface area contributed by atoms with Gasteiger partial charge >= 0.3 is 5.97 Å². The van der Waals surface area contributed by atoms with Crippen LogP contribution < -0.4 is 4.74 Å². The monoisotopic (exact) mass is 222 g/mol. The van der Waals surface area contributed by atoms with Crippen LogP contribution in [-0.2, 0) is 4.79 Å². The average Bonchev–Trinajstić information content (AvgIpc) is 2.28. The quantitative estimate of drug-likeness (QED) is 0.804. The number of benzene rings is 1. The molecule has 88 valence electrons. The largest absolute Gasteiger partial charge is 0.496 e. The number of carboxylic acids is 1. The summed E-state index contributed by atoms with van der Waals surface area (Å²) < 4.78 is 5.28. The van der Waals surface area contributed by atoms with Crippen LogP contribution in [0.1, 0.15) is 37.7 Å². The van der Waals surface area contributed by atoms with Gasteiger partial charge in [0.2, 0.25) is 0 Å². The van der Waals surface area contributed by atoms with Gasteiger partial charge < -0.3 is 9.84 Å². The van der Waals surface area contributed by atoms with Crippen LogP contribution in [0.2, 0.25) is 0 Å². The number of carbonyl (C=O) groups is 1. The van der Waals surface area contributed by atoms with Crippen LogP contribution in [0.5, 0.6) is 5.75 Å². The summed E-state index contributed by atoms with van der Waals surface area (Å²) in [6, 6.07) is 7.88. The molecule has 0 aliphatic heterocycles. The molecule has 1 aromatic rings. The highest BCUT2D eigenvalue weighted by Crippen LogP contribution is 2.29. The minimum atomic E-state index is -0.729. The summed E-state index contributed by atoms with van der Waals surface area (Å²) in [5.41, 5.74) is 1.15. The fraction of sp³-hybridized carbons (Fsp3) is 0.462. The van der Waals surface area contributed by atoms with Gasteiger partial charge in [-0.15, -0.1) is 0 Å². The van der Waals surface area contributed by atoms with Gasteiger partial charge in [0.1, 0.15) is 5.75 Å². The van der Waals surface area contributed by atoms with Gasteiger partial charge in [-0.2, -0.15) is 0 Å². The van der Waals surface area contributed by atoms with Gasteiger partial charge in [0, 0.05) is 6.42 Å². The van der Waals surface area contributed by atoms with E-state index in [4.69, 9.17) is 9.84 Å². The number of rotatable bonds is 6. The predicted molar refractivity (Wildman–Crippen MR) is 62.9 cm³/mol. The van der Waals surface area contributed by atoms with E-state index in [1.807, 2.05) is 24.3 Å². The summed E-state index contributed by atoms with van der Waals surface area (Å²) in [5.74, 6) is 0.480. The van der Waals surface area contributed by atoms with E-state index in [2.05, 4.69) is 6.92 Å². The highest BCUT2D eigenvalue weighted by Gasteiger charge is 2.11. The van der Waals surface area contributed by atoms with Crippen LogP contribution in [0.3, 0.4) is 0 Å². The second-order valence-corrected chi connectivity index (χ2v) is 3.93. The lowest BCUT2D eigenvalue weighted by Gasteiger charge is -2.14. The van der Waals surface area contributed by atoms with Gasteiger partial charge in [-0.3, -0.25) is 4.79 Å². The molecule has 3 heteroatoms. The Kier molecular flexibility index (Phi) is 4.83. The van der Waals surface area contributed by atoms with Crippen molar-refractivity contribution in [3.8, 4) is 5.75 Å². The number of methoxy groups -OCH3 is 1. The predicted octanol–water partition coefficient (Wildman–Crippen LogP) is 3.05. The Balaban J connectivity index is 2.58. The number of carboxylic acid groups (broad SMARTS) is 1. The zero-order valence-corrected chi connectivity index (χ0v) is 9.77. The maximum atomic E-state index is 10.4. The Bertz CT molecular complexity index is 347. The topological polar surface area (TPSA) is 46.5 Å². The van der Waals surface area contributed by atoms with Crippen LogP contribution in [0.15, 0.2) is 24.3 Å². The third kappa shape index (κ3) is 3.57.